The Bertz CT molecular complexity index is 936. The first-order chi connectivity index (χ1) is 13.2. The van der Waals surface area contributed by atoms with Crippen LogP contribution >= 0.6 is 23.2 Å². The summed E-state index contributed by atoms with van der Waals surface area (Å²) in [5.41, 5.74) is 3.16. The summed E-state index contributed by atoms with van der Waals surface area (Å²) in [6.45, 7) is 8.39. The average molecular weight is 417 g/mol. The fraction of sp³-hybridized carbons (Fsp3) is 0.273. The van der Waals surface area contributed by atoms with Crippen molar-refractivity contribution in [3.05, 3.63) is 62.6 Å². The number of halogens is 2. The van der Waals surface area contributed by atoms with Crippen LogP contribution in [-0.2, 0) is 4.79 Å². The van der Waals surface area contributed by atoms with Gasteiger partial charge in [-0.05, 0) is 60.7 Å². The number of amides is 1. The number of benzene rings is 2. The second-order valence-corrected chi connectivity index (χ2v) is 7.70. The van der Waals surface area contributed by atoms with Crippen molar-refractivity contribution in [3.63, 3.8) is 0 Å². The molecule has 4 nitrogen and oxygen atoms in total. The molecule has 0 saturated heterocycles. The van der Waals surface area contributed by atoms with Crippen molar-refractivity contribution in [2.45, 2.75) is 27.7 Å². The normalized spacial score (nSPS) is 11.3. The van der Waals surface area contributed by atoms with E-state index in [1.807, 2.05) is 45.9 Å². The fourth-order valence-electron chi connectivity index (χ4n) is 2.44. The van der Waals surface area contributed by atoms with E-state index in [2.05, 4.69) is 5.32 Å². The van der Waals surface area contributed by atoms with E-state index in [0.29, 0.717) is 39.6 Å². The summed E-state index contributed by atoms with van der Waals surface area (Å²) < 4.78 is 5.64. The highest BCUT2D eigenvalue weighted by Crippen LogP contribution is 2.35. The smallest absolute Gasteiger partial charge is 0.266 e. The maximum absolute atomic E-state index is 12.5. The molecule has 0 aromatic heterocycles. The first-order valence-electron chi connectivity index (χ1n) is 8.84. The van der Waals surface area contributed by atoms with Gasteiger partial charge in [0.15, 0.2) is 5.75 Å². The topological polar surface area (TPSA) is 62.1 Å². The van der Waals surface area contributed by atoms with E-state index in [4.69, 9.17) is 27.9 Å². The van der Waals surface area contributed by atoms with Gasteiger partial charge in [0.1, 0.15) is 11.6 Å². The van der Waals surface area contributed by atoms with Crippen molar-refractivity contribution in [2.24, 2.45) is 5.92 Å². The molecule has 0 spiro atoms. The van der Waals surface area contributed by atoms with Gasteiger partial charge in [0.05, 0.1) is 16.7 Å². The summed E-state index contributed by atoms with van der Waals surface area (Å²) in [6, 6.07) is 10.8. The van der Waals surface area contributed by atoms with Crippen molar-refractivity contribution in [3.8, 4) is 11.8 Å². The van der Waals surface area contributed by atoms with Crippen LogP contribution in [0.15, 0.2) is 35.9 Å². The molecule has 0 aliphatic rings. The molecule has 146 valence electrons. The third-order valence-corrected chi connectivity index (χ3v) is 4.67. The predicted molar refractivity (Wildman–Crippen MR) is 115 cm³/mol. The number of nitrogens with zero attached hydrogens (tertiary/aromatic N) is 1. The van der Waals surface area contributed by atoms with E-state index in [0.717, 1.165) is 11.1 Å². The van der Waals surface area contributed by atoms with Gasteiger partial charge in [-0.15, -0.1) is 0 Å². The van der Waals surface area contributed by atoms with E-state index >= 15 is 0 Å². The molecule has 6 heteroatoms. The number of carbonyl (C=O) groups is 1. The Morgan fingerprint density at radius 1 is 1.25 bits per heavy atom. The van der Waals surface area contributed by atoms with Crippen LogP contribution < -0.4 is 10.1 Å². The molecule has 2 aromatic carbocycles. The van der Waals surface area contributed by atoms with Crippen LogP contribution in [0.5, 0.6) is 5.75 Å². The highest BCUT2D eigenvalue weighted by atomic mass is 35.5. The number of nitriles is 1. The van der Waals surface area contributed by atoms with Crippen molar-refractivity contribution in [2.75, 3.05) is 11.9 Å². The number of anilines is 1. The number of hydrogen-bond donors (Lipinski definition) is 1. The number of aryl methyl sites for hydroxylation is 1. The van der Waals surface area contributed by atoms with Crippen LogP contribution in [0.1, 0.15) is 30.5 Å². The molecule has 0 bridgehead atoms. The molecule has 0 fully saturated rings. The van der Waals surface area contributed by atoms with Gasteiger partial charge in [0.25, 0.3) is 5.91 Å². The molecule has 2 aromatic rings. The summed E-state index contributed by atoms with van der Waals surface area (Å²) in [5, 5.41) is 12.9. The molecule has 0 atom stereocenters. The molecule has 1 amide bonds. The zero-order valence-electron chi connectivity index (χ0n) is 16.3. The molecule has 0 unspecified atom stereocenters. The van der Waals surface area contributed by atoms with E-state index in [9.17, 15) is 10.1 Å². The Morgan fingerprint density at radius 3 is 2.46 bits per heavy atom. The van der Waals surface area contributed by atoms with Gasteiger partial charge in [-0.1, -0.05) is 49.2 Å². The second kappa shape index (κ2) is 9.64. The van der Waals surface area contributed by atoms with Gasteiger partial charge in [-0.25, -0.2) is 0 Å². The lowest BCUT2D eigenvalue weighted by Gasteiger charge is -2.13. The highest BCUT2D eigenvalue weighted by molar-refractivity contribution is 6.37. The molecular weight excluding hydrogens is 395 g/mol. The molecule has 2 rings (SSSR count). The van der Waals surface area contributed by atoms with Gasteiger partial charge in [-0.3, -0.25) is 4.79 Å². The second-order valence-electron chi connectivity index (χ2n) is 6.89. The van der Waals surface area contributed by atoms with Crippen LogP contribution in [0, 0.1) is 31.1 Å². The Labute approximate surface area is 175 Å². The number of carbonyl (C=O) groups excluding carboxylic acids is 1. The summed E-state index contributed by atoms with van der Waals surface area (Å²) in [5.74, 6) is 0.224. The molecule has 28 heavy (non-hydrogen) atoms. The number of ether oxygens (including phenoxy) is 1. The zero-order valence-corrected chi connectivity index (χ0v) is 17.8. The molecule has 1 N–H and O–H groups in total. The van der Waals surface area contributed by atoms with Crippen molar-refractivity contribution in [1.29, 1.82) is 5.26 Å². The first-order valence-corrected chi connectivity index (χ1v) is 9.59. The average Bonchev–Trinajstić information content (AvgIpc) is 2.62. The molecular formula is C22H22Cl2N2O2. The zero-order chi connectivity index (χ0) is 20.8. The van der Waals surface area contributed by atoms with Gasteiger partial charge in [0, 0.05) is 5.69 Å². The molecule has 0 radical (unpaired) electrons. The monoisotopic (exact) mass is 416 g/mol. The molecule has 0 saturated carbocycles. The summed E-state index contributed by atoms with van der Waals surface area (Å²) in [7, 11) is 0. The van der Waals surface area contributed by atoms with Crippen molar-refractivity contribution < 1.29 is 9.53 Å². The van der Waals surface area contributed by atoms with E-state index in [1.165, 1.54) is 6.08 Å². The third-order valence-electron chi connectivity index (χ3n) is 4.11. The Kier molecular flexibility index (Phi) is 7.51. The van der Waals surface area contributed by atoms with Crippen molar-refractivity contribution >= 4 is 40.9 Å². The van der Waals surface area contributed by atoms with Crippen LogP contribution in [0.4, 0.5) is 5.69 Å². The maximum Gasteiger partial charge on any atom is 0.266 e. The lowest BCUT2D eigenvalue weighted by atomic mass is 10.1. The Balaban J connectivity index is 2.27. The summed E-state index contributed by atoms with van der Waals surface area (Å²) in [6.07, 6.45) is 1.45. The van der Waals surface area contributed by atoms with Crippen LogP contribution in [0.3, 0.4) is 0 Å². The molecule has 0 aliphatic heterocycles. The molecule has 0 heterocycles. The highest BCUT2D eigenvalue weighted by Gasteiger charge is 2.14. The SMILES string of the molecule is Cc1cccc(NC(=O)/C(C#N)=C/c2cc(Cl)c(OCC(C)C)c(Cl)c2)c1C. The first kappa shape index (κ1) is 21.8. The van der Waals surface area contributed by atoms with Gasteiger partial charge in [0.2, 0.25) is 0 Å². The predicted octanol–water partition coefficient (Wildman–Crippen LogP) is 6.19. The van der Waals surface area contributed by atoms with Crippen LogP contribution in [-0.4, -0.2) is 12.5 Å². The minimum Gasteiger partial charge on any atom is -0.490 e. The minimum absolute atomic E-state index is 0.0520. The Hall–Kier alpha value is -2.48. The van der Waals surface area contributed by atoms with Crippen LogP contribution in [0.2, 0.25) is 10.0 Å². The third kappa shape index (κ3) is 5.51. The largest absolute Gasteiger partial charge is 0.490 e. The van der Waals surface area contributed by atoms with Gasteiger partial charge in [-0.2, -0.15) is 5.26 Å². The van der Waals surface area contributed by atoms with E-state index < -0.39 is 5.91 Å². The van der Waals surface area contributed by atoms with Crippen LogP contribution in [0.25, 0.3) is 6.08 Å². The maximum atomic E-state index is 12.5. The summed E-state index contributed by atoms with van der Waals surface area (Å²) in [4.78, 5) is 12.5. The number of hydrogen-bond acceptors (Lipinski definition) is 3. The van der Waals surface area contributed by atoms with E-state index in [-0.39, 0.29) is 5.57 Å². The number of rotatable bonds is 6. The van der Waals surface area contributed by atoms with E-state index in [1.54, 1.807) is 18.2 Å². The minimum atomic E-state index is -0.497. The lowest BCUT2D eigenvalue weighted by molar-refractivity contribution is -0.112. The lowest BCUT2D eigenvalue weighted by Crippen LogP contribution is -2.14. The fourth-order valence-corrected chi connectivity index (χ4v) is 3.06. The summed E-state index contributed by atoms with van der Waals surface area (Å²) >= 11 is 12.5. The quantitative estimate of drug-likeness (QED) is 0.450. The van der Waals surface area contributed by atoms with Crippen molar-refractivity contribution in [1.82, 2.24) is 0 Å². The molecule has 0 aliphatic carbocycles. The number of nitrogens with one attached hydrogen (secondary N) is 1. The van der Waals surface area contributed by atoms with Gasteiger partial charge < -0.3 is 10.1 Å². The standard InChI is InChI=1S/C22H22Cl2N2O2/c1-13(2)12-28-21-18(23)9-16(10-19(21)24)8-17(11-25)22(27)26-20-7-5-6-14(3)15(20)4/h5-10,13H,12H2,1-4H3,(H,26,27)/b17-8+. The van der Waals surface area contributed by atoms with Gasteiger partial charge >= 0.3 is 0 Å². The Morgan fingerprint density at radius 2 is 1.89 bits per heavy atom.